The highest BCUT2D eigenvalue weighted by molar-refractivity contribution is 5.70. The molecule has 1 aliphatic carbocycles. The van der Waals surface area contributed by atoms with E-state index in [0.717, 1.165) is 51.0 Å². The smallest absolute Gasteiger partial charge is 0.306 e. The fourth-order valence-corrected chi connectivity index (χ4v) is 2.88. The number of nitrogens with one attached hydrogen (secondary N) is 1. The highest BCUT2D eigenvalue weighted by Crippen LogP contribution is 2.29. The van der Waals surface area contributed by atoms with E-state index < -0.39 is 5.97 Å². The van der Waals surface area contributed by atoms with E-state index in [-0.39, 0.29) is 11.8 Å². The van der Waals surface area contributed by atoms with Crippen molar-refractivity contribution in [1.82, 2.24) is 25.5 Å². The van der Waals surface area contributed by atoms with Gasteiger partial charge in [-0.3, -0.25) is 4.79 Å². The van der Waals surface area contributed by atoms with E-state index in [1.54, 1.807) is 4.68 Å². The first kappa shape index (κ1) is 14.9. The maximum Gasteiger partial charge on any atom is 0.306 e. The van der Waals surface area contributed by atoms with E-state index in [0.29, 0.717) is 6.54 Å². The minimum atomic E-state index is -0.660. The topological polar surface area (TPSA) is 92.9 Å². The Bertz CT molecular complexity index is 434. The quantitative estimate of drug-likeness (QED) is 0.776. The molecule has 0 amide bonds. The summed E-state index contributed by atoms with van der Waals surface area (Å²) in [4.78, 5) is 11.2. The number of aliphatic carboxylic acids is 1. The molecule has 7 nitrogen and oxygen atoms in total. The molecule has 1 fully saturated rings. The van der Waals surface area contributed by atoms with Crippen molar-refractivity contribution >= 4 is 5.97 Å². The zero-order valence-electron chi connectivity index (χ0n) is 12.0. The summed E-state index contributed by atoms with van der Waals surface area (Å²) in [5, 5.41) is 24.2. The Labute approximate surface area is 118 Å². The van der Waals surface area contributed by atoms with Crippen LogP contribution in [0.4, 0.5) is 0 Å². The van der Waals surface area contributed by atoms with Crippen LogP contribution >= 0.6 is 0 Å². The van der Waals surface area contributed by atoms with Crippen molar-refractivity contribution in [2.75, 3.05) is 6.54 Å². The molecule has 20 heavy (non-hydrogen) atoms. The van der Waals surface area contributed by atoms with Crippen molar-refractivity contribution in [2.45, 2.75) is 52.1 Å². The van der Waals surface area contributed by atoms with Gasteiger partial charge in [-0.15, -0.1) is 5.10 Å². The van der Waals surface area contributed by atoms with Crippen LogP contribution in [0.3, 0.4) is 0 Å². The second kappa shape index (κ2) is 7.33. The molecule has 2 unspecified atom stereocenters. The zero-order valence-corrected chi connectivity index (χ0v) is 12.0. The van der Waals surface area contributed by atoms with E-state index in [1.807, 2.05) is 0 Å². The third-order valence-corrected chi connectivity index (χ3v) is 3.96. The van der Waals surface area contributed by atoms with Crippen molar-refractivity contribution in [3.8, 4) is 0 Å². The van der Waals surface area contributed by atoms with Gasteiger partial charge in [0.25, 0.3) is 0 Å². The van der Waals surface area contributed by atoms with Crippen molar-refractivity contribution in [1.29, 1.82) is 0 Å². The first-order chi connectivity index (χ1) is 9.72. The molecular weight excluding hydrogens is 258 g/mol. The van der Waals surface area contributed by atoms with Gasteiger partial charge < -0.3 is 10.4 Å². The first-order valence-electron chi connectivity index (χ1n) is 7.41. The molecule has 1 saturated carbocycles. The van der Waals surface area contributed by atoms with Crippen molar-refractivity contribution in [3.63, 3.8) is 0 Å². The molecule has 2 atom stereocenters. The van der Waals surface area contributed by atoms with Gasteiger partial charge in [0.2, 0.25) is 0 Å². The van der Waals surface area contributed by atoms with Crippen molar-refractivity contribution < 1.29 is 9.90 Å². The van der Waals surface area contributed by atoms with E-state index in [9.17, 15) is 9.90 Å². The van der Waals surface area contributed by atoms with Crippen LogP contribution in [0.25, 0.3) is 0 Å². The summed E-state index contributed by atoms with van der Waals surface area (Å²) in [5.41, 5.74) is 0. The normalized spacial score (nSPS) is 22.9. The van der Waals surface area contributed by atoms with Crippen LogP contribution < -0.4 is 5.32 Å². The Morgan fingerprint density at radius 1 is 1.45 bits per heavy atom. The maximum atomic E-state index is 11.2. The lowest BCUT2D eigenvalue weighted by atomic mass is 9.79. The van der Waals surface area contributed by atoms with E-state index >= 15 is 0 Å². The summed E-state index contributed by atoms with van der Waals surface area (Å²) >= 11 is 0. The van der Waals surface area contributed by atoms with Gasteiger partial charge >= 0.3 is 5.97 Å². The van der Waals surface area contributed by atoms with Crippen LogP contribution in [0.15, 0.2) is 0 Å². The number of tetrazole rings is 1. The number of carboxylic acids is 1. The summed E-state index contributed by atoms with van der Waals surface area (Å²) in [6, 6.07) is 0. The van der Waals surface area contributed by atoms with Crippen LogP contribution in [0.5, 0.6) is 0 Å². The molecule has 0 aromatic carbocycles. The Balaban J connectivity index is 1.82. The Morgan fingerprint density at radius 3 is 3.00 bits per heavy atom. The number of carbonyl (C=O) groups is 1. The fourth-order valence-electron chi connectivity index (χ4n) is 2.88. The average molecular weight is 281 g/mol. The van der Waals surface area contributed by atoms with Gasteiger partial charge in [-0.25, -0.2) is 4.68 Å². The lowest BCUT2D eigenvalue weighted by molar-refractivity contribution is -0.144. The summed E-state index contributed by atoms with van der Waals surface area (Å²) in [6.07, 6.45) is 4.94. The SMILES string of the molecule is CCCn1nnnc1CNCC1CCCCC1C(=O)O. The second-order valence-electron chi connectivity index (χ2n) is 5.44. The molecule has 1 aliphatic rings. The second-order valence-corrected chi connectivity index (χ2v) is 5.44. The average Bonchev–Trinajstić information content (AvgIpc) is 2.87. The standard InChI is InChI=1S/C13H23N5O2/c1-2-7-18-12(15-16-17-18)9-14-8-10-5-3-4-6-11(10)13(19)20/h10-11,14H,2-9H2,1H3,(H,19,20). The van der Waals surface area contributed by atoms with Gasteiger partial charge in [0.05, 0.1) is 12.5 Å². The number of carboxylic acid groups (broad SMARTS) is 1. The summed E-state index contributed by atoms with van der Waals surface area (Å²) in [5.74, 6) is 0.168. The van der Waals surface area contributed by atoms with Crippen LogP contribution in [0.1, 0.15) is 44.9 Å². The molecule has 1 heterocycles. The number of hydrogen-bond acceptors (Lipinski definition) is 5. The molecule has 0 radical (unpaired) electrons. The van der Waals surface area contributed by atoms with E-state index in [2.05, 4.69) is 27.8 Å². The van der Waals surface area contributed by atoms with Gasteiger partial charge in [0.1, 0.15) is 0 Å². The van der Waals surface area contributed by atoms with Crippen LogP contribution in [0.2, 0.25) is 0 Å². The van der Waals surface area contributed by atoms with E-state index in [4.69, 9.17) is 0 Å². The first-order valence-corrected chi connectivity index (χ1v) is 7.41. The zero-order chi connectivity index (χ0) is 14.4. The molecule has 0 saturated heterocycles. The molecule has 1 aromatic heterocycles. The molecule has 2 rings (SSSR count). The molecule has 0 aliphatic heterocycles. The summed E-state index contributed by atoms with van der Waals surface area (Å²) in [7, 11) is 0. The third kappa shape index (κ3) is 3.75. The maximum absolute atomic E-state index is 11.2. The predicted octanol–water partition coefficient (Wildman–Crippen LogP) is 1.06. The Hall–Kier alpha value is -1.50. The molecule has 2 N–H and O–H groups in total. The Morgan fingerprint density at radius 2 is 2.25 bits per heavy atom. The van der Waals surface area contributed by atoms with Gasteiger partial charge in [0.15, 0.2) is 5.82 Å². The van der Waals surface area contributed by atoms with Gasteiger partial charge in [-0.05, 0) is 42.2 Å². The number of rotatable bonds is 7. The molecule has 7 heteroatoms. The largest absolute Gasteiger partial charge is 0.481 e. The van der Waals surface area contributed by atoms with Crippen LogP contribution in [-0.2, 0) is 17.9 Å². The molecule has 0 spiro atoms. The predicted molar refractivity (Wildman–Crippen MR) is 72.9 cm³/mol. The summed E-state index contributed by atoms with van der Waals surface area (Å²) < 4.78 is 1.79. The molecule has 1 aromatic rings. The minimum absolute atomic E-state index is 0.206. The Kier molecular flexibility index (Phi) is 5.46. The fraction of sp³-hybridized carbons (Fsp3) is 0.846. The number of hydrogen-bond donors (Lipinski definition) is 2. The van der Waals surface area contributed by atoms with Gasteiger partial charge in [0, 0.05) is 6.54 Å². The third-order valence-electron chi connectivity index (χ3n) is 3.96. The number of aromatic nitrogens is 4. The van der Waals surface area contributed by atoms with E-state index in [1.165, 1.54) is 0 Å². The molecular formula is C13H23N5O2. The number of nitrogens with zero attached hydrogens (tertiary/aromatic N) is 4. The number of aryl methyl sites for hydroxylation is 1. The highest BCUT2D eigenvalue weighted by atomic mass is 16.4. The highest BCUT2D eigenvalue weighted by Gasteiger charge is 2.30. The van der Waals surface area contributed by atoms with Gasteiger partial charge in [-0.1, -0.05) is 19.8 Å². The lowest BCUT2D eigenvalue weighted by Gasteiger charge is -2.28. The molecule has 112 valence electrons. The molecule has 0 bridgehead atoms. The van der Waals surface area contributed by atoms with Crippen molar-refractivity contribution in [2.24, 2.45) is 11.8 Å². The lowest BCUT2D eigenvalue weighted by Crippen LogP contribution is -2.35. The minimum Gasteiger partial charge on any atom is -0.481 e. The van der Waals surface area contributed by atoms with Crippen LogP contribution in [-0.4, -0.2) is 37.8 Å². The summed E-state index contributed by atoms with van der Waals surface area (Å²) in [6.45, 7) is 4.20. The van der Waals surface area contributed by atoms with Crippen molar-refractivity contribution in [3.05, 3.63) is 5.82 Å². The van der Waals surface area contributed by atoms with Crippen LogP contribution in [0, 0.1) is 11.8 Å². The van der Waals surface area contributed by atoms with Gasteiger partial charge in [-0.2, -0.15) is 0 Å². The monoisotopic (exact) mass is 281 g/mol.